The van der Waals surface area contributed by atoms with Crippen molar-refractivity contribution in [2.75, 3.05) is 23.7 Å². The lowest BCUT2D eigenvalue weighted by atomic mass is 9.99. The second kappa shape index (κ2) is 3.88. The molecule has 0 spiro atoms. The van der Waals surface area contributed by atoms with Gasteiger partial charge in [-0.05, 0) is 33.8 Å². The fourth-order valence-electron chi connectivity index (χ4n) is 2.56. The van der Waals surface area contributed by atoms with Crippen LogP contribution in [0.4, 0.5) is 11.5 Å². The minimum Gasteiger partial charge on any atom is -0.399 e. The average molecular weight is 235 g/mol. The molecule has 2 heterocycles. The van der Waals surface area contributed by atoms with Crippen molar-refractivity contribution in [2.45, 2.75) is 38.9 Å². The molecule has 1 saturated heterocycles. The number of hydrogen-bond donors (Lipinski definition) is 1. The van der Waals surface area contributed by atoms with E-state index in [0.717, 1.165) is 24.6 Å². The number of rotatable bonds is 1. The van der Waals surface area contributed by atoms with Gasteiger partial charge in [0.05, 0.1) is 11.2 Å². The number of morpholine rings is 1. The number of hydrogen-bond acceptors (Lipinski definition) is 4. The number of nitrogens with zero attached hydrogens (tertiary/aromatic N) is 2. The Balaban J connectivity index is 2.27. The van der Waals surface area contributed by atoms with Crippen molar-refractivity contribution in [3.8, 4) is 0 Å². The van der Waals surface area contributed by atoms with E-state index >= 15 is 0 Å². The first-order chi connectivity index (χ1) is 7.77. The van der Waals surface area contributed by atoms with Crippen LogP contribution in [-0.2, 0) is 4.74 Å². The normalized spacial score (nSPS) is 22.5. The molecule has 1 aliphatic heterocycles. The Bertz CT molecular complexity index is 399. The zero-order valence-electron chi connectivity index (χ0n) is 11.0. The van der Waals surface area contributed by atoms with Gasteiger partial charge in [-0.1, -0.05) is 0 Å². The van der Waals surface area contributed by atoms with Crippen LogP contribution in [-0.4, -0.2) is 29.3 Å². The minimum atomic E-state index is -0.173. The van der Waals surface area contributed by atoms with Gasteiger partial charge in [-0.15, -0.1) is 0 Å². The predicted octanol–water partition coefficient (Wildman–Crippen LogP) is 2.06. The van der Waals surface area contributed by atoms with E-state index in [0.29, 0.717) is 0 Å². The molecule has 1 fully saturated rings. The standard InChI is InChI=1S/C13H21N3O/c1-12(2)8-16(9-13(3,4)17-12)11-7-10(14)5-6-15-11/h5-7H,8-9H2,1-4H3,(H2,14,15). The van der Waals surface area contributed by atoms with Crippen LogP contribution in [0, 0.1) is 0 Å². The quantitative estimate of drug-likeness (QED) is 0.809. The third-order valence-corrected chi connectivity index (χ3v) is 2.79. The van der Waals surface area contributed by atoms with Crippen molar-refractivity contribution in [1.82, 2.24) is 4.98 Å². The highest BCUT2D eigenvalue weighted by Crippen LogP contribution is 2.30. The summed E-state index contributed by atoms with van der Waals surface area (Å²) in [7, 11) is 0. The summed E-state index contributed by atoms with van der Waals surface area (Å²) in [6, 6.07) is 3.72. The summed E-state index contributed by atoms with van der Waals surface area (Å²) < 4.78 is 6.04. The summed E-state index contributed by atoms with van der Waals surface area (Å²) in [5.74, 6) is 0.925. The zero-order valence-corrected chi connectivity index (χ0v) is 11.0. The van der Waals surface area contributed by atoms with Crippen molar-refractivity contribution in [3.63, 3.8) is 0 Å². The molecule has 4 heteroatoms. The molecule has 2 rings (SSSR count). The first kappa shape index (κ1) is 12.2. The SMILES string of the molecule is CC1(C)CN(c2cc(N)ccn2)CC(C)(C)O1. The van der Waals surface area contributed by atoms with Crippen LogP contribution in [0.1, 0.15) is 27.7 Å². The van der Waals surface area contributed by atoms with Gasteiger partial charge >= 0.3 is 0 Å². The molecule has 1 aromatic heterocycles. The van der Waals surface area contributed by atoms with E-state index in [4.69, 9.17) is 10.5 Å². The molecule has 2 N–H and O–H groups in total. The third kappa shape index (κ3) is 2.88. The first-order valence-electron chi connectivity index (χ1n) is 5.94. The van der Waals surface area contributed by atoms with Crippen LogP contribution in [0.5, 0.6) is 0 Å². The van der Waals surface area contributed by atoms with Gasteiger partial charge in [0.2, 0.25) is 0 Å². The fourth-order valence-corrected chi connectivity index (χ4v) is 2.56. The Morgan fingerprint density at radius 3 is 2.35 bits per heavy atom. The van der Waals surface area contributed by atoms with Gasteiger partial charge in [0.1, 0.15) is 5.82 Å². The van der Waals surface area contributed by atoms with Gasteiger partial charge in [0, 0.05) is 31.0 Å². The smallest absolute Gasteiger partial charge is 0.130 e. The van der Waals surface area contributed by atoms with Crippen LogP contribution in [0.25, 0.3) is 0 Å². The van der Waals surface area contributed by atoms with Crippen molar-refractivity contribution >= 4 is 11.5 Å². The van der Waals surface area contributed by atoms with E-state index in [1.807, 2.05) is 6.07 Å². The average Bonchev–Trinajstić information content (AvgIpc) is 2.12. The lowest BCUT2D eigenvalue weighted by Gasteiger charge is -2.47. The van der Waals surface area contributed by atoms with Crippen molar-refractivity contribution in [2.24, 2.45) is 0 Å². The number of ether oxygens (including phenoxy) is 1. The second-order valence-corrected chi connectivity index (χ2v) is 5.92. The van der Waals surface area contributed by atoms with Crippen LogP contribution in [0.2, 0.25) is 0 Å². The predicted molar refractivity (Wildman–Crippen MR) is 70.1 cm³/mol. The molecule has 4 nitrogen and oxygen atoms in total. The number of anilines is 2. The van der Waals surface area contributed by atoms with E-state index in [2.05, 4.69) is 37.6 Å². The molecule has 17 heavy (non-hydrogen) atoms. The molecule has 1 aliphatic rings. The monoisotopic (exact) mass is 235 g/mol. The Hall–Kier alpha value is -1.29. The molecule has 94 valence electrons. The molecule has 0 aromatic carbocycles. The van der Waals surface area contributed by atoms with Crippen molar-refractivity contribution in [1.29, 1.82) is 0 Å². The van der Waals surface area contributed by atoms with Gasteiger partial charge < -0.3 is 15.4 Å². The number of pyridine rings is 1. The van der Waals surface area contributed by atoms with E-state index in [9.17, 15) is 0 Å². The van der Waals surface area contributed by atoms with Crippen molar-refractivity contribution < 1.29 is 4.74 Å². The summed E-state index contributed by atoms with van der Waals surface area (Å²) in [6.07, 6.45) is 1.75. The fraction of sp³-hybridized carbons (Fsp3) is 0.615. The molecule has 1 aromatic rings. The largest absolute Gasteiger partial charge is 0.399 e. The Kier molecular flexibility index (Phi) is 2.78. The Morgan fingerprint density at radius 1 is 1.24 bits per heavy atom. The highest BCUT2D eigenvalue weighted by Gasteiger charge is 2.38. The molecule has 0 bridgehead atoms. The summed E-state index contributed by atoms with van der Waals surface area (Å²) in [5.41, 5.74) is 6.20. The van der Waals surface area contributed by atoms with Gasteiger partial charge in [-0.2, -0.15) is 0 Å². The molecule has 0 atom stereocenters. The molecule has 0 amide bonds. The Labute approximate surface area is 103 Å². The van der Waals surface area contributed by atoms with E-state index in [-0.39, 0.29) is 11.2 Å². The number of nitrogen functional groups attached to an aromatic ring is 1. The minimum absolute atomic E-state index is 0.173. The van der Waals surface area contributed by atoms with Gasteiger partial charge in [-0.3, -0.25) is 0 Å². The Morgan fingerprint density at radius 2 is 1.82 bits per heavy atom. The summed E-state index contributed by atoms with van der Waals surface area (Å²) >= 11 is 0. The molecule has 0 unspecified atom stereocenters. The highest BCUT2D eigenvalue weighted by atomic mass is 16.5. The van der Waals surface area contributed by atoms with Gasteiger partial charge in [0.25, 0.3) is 0 Å². The molecule has 0 radical (unpaired) electrons. The van der Waals surface area contributed by atoms with Crippen LogP contribution in [0.3, 0.4) is 0 Å². The van der Waals surface area contributed by atoms with Crippen LogP contribution in [0.15, 0.2) is 18.3 Å². The molecular weight excluding hydrogens is 214 g/mol. The second-order valence-electron chi connectivity index (χ2n) is 5.92. The lowest BCUT2D eigenvalue weighted by molar-refractivity contribution is -0.133. The maximum atomic E-state index is 6.04. The summed E-state index contributed by atoms with van der Waals surface area (Å²) in [4.78, 5) is 6.62. The van der Waals surface area contributed by atoms with E-state index in [1.165, 1.54) is 0 Å². The maximum absolute atomic E-state index is 6.04. The number of aromatic nitrogens is 1. The summed E-state index contributed by atoms with van der Waals surface area (Å²) in [6.45, 7) is 10.1. The maximum Gasteiger partial charge on any atom is 0.130 e. The zero-order chi connectivity index (χ0) is 12.7. The number of nitrogens with two attached hydrogens (primary N) is 1. The van der Waals surface area contributed by atoms with Crippen molar-refractivity contribution in [3.05, 3.63) is 18.3 Å². The molecule has 0 saturated carbocycles. The topological polar surface area (TPSA) is 51.4 Å². The lowest BCUT2D eigenvalue weighted by Crippen LogP contribution is -2.57. The van der Waals surface area contributed by atoms with Gasteiger partial charge in [-0.25, -0.2) is 4.98 Å². The van der Waals surface area contributed by atoms with E-state index < -0.39 is 0 Å². The van der Waals surface area contributed by atoms with Gasteiger partial charge in [0.15, 0.2) is 0 Å². The summed E-state index contributed by atoms with van der Waals surface area (Å²) in [5, 5.41) is 0. The van der Waals surface area contributed by atoms with E-state index in [1.54, 1.807) is 12.3 Å². The highest BCUT2D eigenvalue weighted by molar-refractivity contribution is 5.51. The third-order valence-electron chi connectivity index (χ3n) is 2.79. The van der Waals surface area contributed by atoms with Crippen LogP contribution < -0.4 is 10.6 Å². The first-order valence-corrected chi connectivity index (χ1v) is 5.94. The molecule has 0 aliphatic carbocycles. The van der Waals surface area contributed by atoms with Crippen LogP contribution >= 0.6 is 0 Å². The molecular formula is C13H21N3O.